The molecular formula is C96H141N3O18. The molecule has 0 aromatic heterocycles. The van der Waals surface area contributed by atoms with Gasteiger partial charge in [-0.25, -0.2) is 0 Å². The van der Waals surface area contributed by atoms with Crippen LogP contribution in [-0.4, -0.2) is 187 Å². The second-order valence-corrected chi connectivity index (χ2v) is 31.1. The van der Waals surface area contributed by atoms with Crippen molar-refractivity contribution in [3.05, 3.63) is 179 Å². The number of nitrogens with zero attached hydrogens (tertiary/aromatic N) is 3. The monoisotopic (exact) mass is 1620 g/mol. The van der Waals surface area contributed by atoms with Gasteiger partial charge < -0.3 is 72.7 Å². The van der Waals surface area contributed by atoms with Crippen molar-refractivity contribution >= 4 is 35.8 Å². The summed E-state index contributed by atoms with van der Waals surface area (Å²) in [4.78, 5) is 74.1. The summed E-state index contributed by atoms with van der Waals surface area (Å²) in [5, 5.41) is 26.4. The van der Waals surface area contributed by atoms with Crippen molar-refractivity contribution in [2.24, 2.45) is 0 Å². The lowest BCUT2D eigenvalue weighted by molar-refractivity contribution is -0.154. The highest BCUT2D eigenvalue weighted by atomic mass is 16.6. The third kappa shape index (κ3) is 50.3. The van der Waals surface area contributed by atoms with Crippen LogP contribution >= 0.6 is 0 Å². The number of ether oxygens (including phenoxy) is 9. The number of benzene rings is 6. The number of carboxylic acids is 3. The van der Waals surface area contributed by atoms with Gasteiger partial charge in [0.05, 0.1) is 59.9 Å². The van der Waals surface area contributed by atoms with Crippen molar-refractivity contribution in [3.8, 4) is 34.5 Å². The molecule has 21 nitrogen and oxygen atoms in total. The Morgan fingerprint density at radius 3 is 0.726 bits per heavy atom. The fraction of sp³-hybridized carbons (Fsp3) is 0.562. The van der Waals surface area contributed by atoms with Crippen molar-refractivity contribution < 1.29 is 86.7 Å². The zero-order valence-electron chi connectivity index (χ0n) is 72.1. The molecule has 6 aromatic carbocycles. The summed E-state index contributed by atoms with van der Waals surface area (Å²) in [6.07, 6.45) is 33.4. The highest BCUT2D eigenvalue weighted by Crippen LogP contribution is 2.27. The van der Waals surface area contributed by atoms with E-state index < -0.39 is 54.1 Å². The van der Waals surface area contributed by atoms with Gasteiger partial charge in [-0.3, -0.25) is 28.8 Å². The molecule has 0 fully saturated rings. The number of carbonyl (C=O) groups excluding carboxylic acids is 3. The average Bonchev–Trinajstić information content (AvgIpc) is 0.888. The molecule has 6 rings (SSSR count). The van der Waals surface area contributed by atoms with Crippen LogP contribution in [0.25, 0.3) is 0 Å². The molecule has 0 aliphatic carbocycles. The lowest BCUT2D eigenvalue weighted by Gasteiger charge is -2.22. The predicted molar refractivity (Wildman–Crippen MR) is 464 cm³/mol. The molecule has 0 radical (unpaired) electrons. The first-order valence-corrected chi connectivity index (χ1v) is 42.8. The minimum Gasteiger partial charge on any atom is -0.497 e. The number of unbranched alkanes of at least 4 members (excludes halogenated alkanes) is 21. The Hall–Kier alpha value is -9.18. The van der Waals surface area contributed by atoms with Crippen LogP contribution < -0.4 is 28.4 Å². The quantitative estimate of drug-likeness (QED) is 0.0182. The maximum atomic E-state index is 12.0. The van der Waals surface area contributed by atoms with Crippen molar-refractivity contribution in [2.45, 2.75) is 249 Å². The van der Waals surface area contributed by atoms with Crippen molar-refractivity contribution in [3.63, 3.8) is 0 Å². The Balaban J connectivity index is 0.000000369. The number of aliphatic carboxylic acids is 3. The largest absolute Gasteiger partial charge is 0.497 e. The number of hydrogen-bond donors (Lipinski definition) is 3. The summed E-state index contributed by atoms with van der Waals surface area (Å²) in [6, 6.07) is 49.1. The molecule has 0 bridgehead atoms. The zero-order chi connectivity index (χ0) is 84.9. The molecule has 117 heavy (non-hydrogen) atoms. The van der Waals surface area contributed by atoms with Crippen LogP contribution in [0.4, 0.5) is 0 Å². The van der Waals surface area contributed by atoms with E-state index >= 15 is 0 Å². The summed E-state index contributed by atoms with van der Waals surface area (Å²) >= 11 is 0. The fourth-order valence-electron chi connectivity index (χ4n) is 13.7. The Morgan fingerprint density at radius 2 is 0.504 bits per heavy atom. The van der Waals surface area contributed by atoms with Gasteiger partial charge in [0.1, 0.15) is 72.6 Å². The Morgan fingerprint density at radius 1 is 0.282 bits per heavy atom. The predicted octanol–water partition coefficient (Wildman–Crippen LogP) is 19.0. The highest BCUT2D eigenvalue weighted by molar-refractivity contribution is 5.78. The number of likely N-dealkylation sites (N-methyl/N-ethyl adjacent to an activating group) is 3. The van der Waals surface area contributed by atoms with Gasteiger partial charge in [-0.05, 0) is 207 Å². The van der Waals surface area contributed by atoms with E-state index in [1.807, 2.05) is 130 Å². The first kappa shape index (κ1) is 100. The van der Waals surface area contributed by atoms with Gasteiger partial charge in [-0.1, -0.05) is 207 Å². The molecule has 3 unspecified atom stereocenters. The Bertz CT molecular complexity index is 3680. The van der Waals surface area contributed by atoms with E-state index in [0.29, 0.717) is 19.6 Å². The highest BCUT2D eigenvalue weighted by Gasteiger charge is 2.22. The summed E-state index contributed by atoms with van der Waals surface area (Å²) in [5.41, 5.74) is 7.54. The van der Waals surface area contributed by atoms with Crippen molar-refractivity contribution in [1.29, 1.82) is 0 Å². The van der Waals surface area contributed by atoms with Crippen LogP contribution in [0.15, 0.2) is 146 Å². The van der Waals surface area contributed by atoms with Gasteiger partial charge in [0.2, 0.25) is 0 Å². The molecule has 3 atom stereocenters. The van der Waals surface area contributed by atoms with E-state index in [9.17, 15) is 28.8 Å². The van der Waals surface area contributed by atoms with Crippen LogP contribution in [0.3, 0.4) is 0 Å². The molecule has 6 aromatic rings. The standard InChI is InChI=1S/C33H49NO6.C32H47NO6.C31H45NO6/c1-34(2)25-30(40-33(37)23-22-32(35)36)26-39-31-21-14-13-19-28(31)18-12-10-8-6-4-5-7-9-11-16-27-17-15-20-29(24-27)38-3;1-33(2)24-29(39-32(36)22-21-31(34)35)25-38-30-20-13-12-18-27(30)17-11-9-7-5-4-6-8-10-15-26-16-14-19-28(23-26)37-3;1-32(2)23-28(38-31(35)21-20-30(33)34)24-37-29-19-12-11-17-26(29)16-10-8-6-4-5-7-9-14-25-15-13-18-27(22-25)36-3/h13-15,17,19-21,24,30H,4-12,16,18,22-23,25-26H2,1-3H3,(H,35,36);12-14,16,18-20,23,29H,4-11,15,17,21-22,24-25H2,1-3H3,(H,34,35);11-13,15,17-19,22,28H,4-10,14,16,20-21,23-24H2,1-3H3,(H,33,34). The van der Waals surface area contributed by atoms with Crippen LogP contribution in [-0.2, 0) is 81.5 Å². The number of esters is 3. The topological polar surface area (TPSA) is 256 Å². The van der Waals surface area contributed by atoms with Gasteiger partial charge in [-0.15, -0.1) is 0 Å². The van der Waals surface area contributed by atoms with E-state index in [1.165, 1.54) is 157 Å². The van der Waals surface area contributed by atoms with E-state index in [1.54, 1.807) is 21.3 Å². The van der Waals surface area contributed by atoms with Crippen molar-refractivity contribution in [1.82, 2.24) is 14.7 Å². The van der Waals surface area contributed by atoms with Gasteiger partial charge in [0.15, 0.2) is 0 Å². The molecule has 21 heteroatoms. The van der Waals surface area contributed by atoms with E-state index in [2.05, 4.69) is 72.8 Å². The van der Waals surface area contributed by atoms with Gasteiger partial charge in [-0.2, -0.15) is 0 Å². The number of para-hydroxylation sites is 3. The van der Waals surface area contributed by atoms with E-state index in [0.717, 1.165) is 103 Å². The lowest BCUT2D eigenvalue weighted by atomic mass is 10.0. The number of hydrogen-bond acceptors (Lipinski definition) is 18. The molecule has 0 aliphatic heterocycles. The first-order valence-electron chi connectivity index (χ1n) is 42.8. The number of methoxy groups -OCH3 is 3. The fourth-order valence-corrected chi connectivity index (χ4v) is 13.7. The minimum absolute atomic E-state index is 0.139. The van der Waals surface area contributed by atoms with E-state index in [-0.39, 0.29) is 58.3 Å². The zero-order valence-corrected chi connectivity index (χ0v) is 72.1. The van der Waals surface area contributed by atoms with Crippen molar-refractivity contribution in [2.75, 3.05) is 103 Å². The number of aryl methyl sites for hydroxylation is 6. The number of rotatable bonds is 63. The van der Waals surface area contributed by atoms with Gasteiger partial charge >= 0.3 is 35.8 Å². The van der Waals surface area contributed by atoms with Crippen LogP contribution in [0.5, 0.6) is 34.5 Å². The molecular weight excluding hydrogens is 1480 g/mol. The number of carboxylic acid groups (broad SMARTS) is 3. The second kappa shape index (κ2) is 63.0. The van der Waals surface area contributed by atoms with Crippen LogP contribution in [0.1, 0.15) is 226 Å². The maximum Gasteiger partial charge on any atom is 0.306 e. The Labute approximate surface area is 699 Å². The summed E-state index contributed by atoms with van der Waals surface area (Å²) in [5.74, 6) is 0.677. The van der Waals surface area contributed by atoms with Crippen LogP contribution in [0, 0.1) is 0 Å². The first-order chi connectivity index (χ1) is 56.6. The molecule has 3 N–H and O–H groups in total. The molecule has 0 aliphatic rings. The summed E-state index contributed by atoms with van der Waals surface area (Å²) < 4.78 is 50.6. The number of carbonyl (C=O) groups is 6. The lowest BCUT2D eigenvalue weighted by Crippen LogP contribution is -2.35. The molecule has 0 heterocycles. The molecule has 0 saturated heterocycles. The van der Waals surface area contributed by atoms with E-state index in [4.69, 9.17) is 58.0 Å². The third-order valence-electron chi connectivity index (χ3n) is 19.8. The third-order valence-corrected chi connectivity index (χ3v) is 19.8. The molecule has 0 amide bonds. The van der Waals surface area contributed by atoms with Gasteiger partial charge in [0, 0.05) is 19.6 Å². The average molecular weight is 1630 g/mol. The second-order valence-electron chi connectivity index (χ2n) is 31.1. The Kier molecular flexibility index (Phi) is 53.9. The normalized spacial score (nSPS) is 11.8. The molecule has 0 saturated carbocycles. The summed E-state index contributed by atoms with van der Waals surface area (Å²) in [6.45, 7) is 2.19. The smallest absolute Gasteiger partial charge is 0.306 e. The van der Waals surface area contributed by atoms with Gasteiger partial charge in [0.25, 0.3) is 0 Å². The molecule has 0 spiro atoms. The summed E-state index contributed by atoms with van der Waals surface area (Å²) in [7, 11) is 16.5. The maximum absolute atomic E-state index is 12.0. The molecule has 648 valence electrons. The SMILES string of the molecule is COc1cccc(CCCCCCCCCCCc2ccccc2OCC(CN(C)C)OC(=O)CCC(=O)O)c1.COc1cccc(CCCCCCCCCCc2ccccc2OCC(CN(C)C)OC(=O)CCC(=O)O)c1.COc1cccc(CCCCCCCCCc2ccccc2OCC(CN(C)C)OC(=O)CCC(=O)O)c1. The van der Waals surface area contributed by atoms with Crippen LogP contribution in [0.2, 0.25) is 0 Å². The minimum atomic E-state index is -1.01.